The monoisotopic (exact) mass is 373 g/mol. The van der Waals surface area contributed by atoms with Gasteiger partial charge in [-0.2, -0.15) is 4.98 Å². The molecule has 0 spiro atoms. The summed E-state index contributed by atoms with van der Waals surface area (Å²) >= 11 is 0. The Morgan fingerprint density at radius 1 is 0.857 bits per heavy atom. The van der Waals surface area contributed by atoms with Gasteiger partial charge in [-0.05, 0) is 31.2 Å². The number of ether oxygens (including phenoxy) is 2. The summed E-state index contributed by atoms with van der Waals surface area (Å²) in [5, 5.41) is 4.12. The number of methoxy groups -OCH3 is 1. The second-order valence-corrected chi connectivity index (χ2v) is 5.97. The minimum Gasteiger partial charge on any atom is -0.496 e. The Balaban J connectivity index is 1.74. The van der Waals surface area contributed by atoms with Crippen molar-refractivity contribution in [3.63, 3.8) is 0 Å². The zero-order chi connectivity index (χ0) is 19.3. The van der Waals surface area contributed by atoms with Gasteiger partial charge in [0.2, 0.25) is 11.7 Å². The van der Waals surface area contributed by atoms with Gasteiger partial charge in [-0.25, -0.2) is 4.98 Å². The lowest BCUT2D eigenvalue weighted by atomic mass is 10.1. The highest BCUT2D eigenvalue weighted by atomic mass is 16.5. The van der Waals surface area contributed by atoms with Gasteiger partial charge < -0.3 is 14.0 Å². The van der Waals surface area contributed by atoms with E-state index in [2.05, 4.69) is 15.1 Å². The van der Waals surface area contributed by atoms with E-state index in [9.17, 15) is 0 Å². The number of nitrogens with zero attached hydrogens (tertiary/aromatic N) is 3. The van der Waals surface area contributed by atoms with E-state index >= 15 is 0 Å². The summed E-state index contributed by atoms with van der Waals surface area (Å²) in [5.74, 6) is 1.93. The van der Waals surface area contributed by atoms with Crippen molar-refractivity contribution in [2.45, 2.75) is 6.92 Å². The molecule has 0 amide bonds. The first-order valence-corrected chi connectivity index (χ1v) is 8.97. The molecule has 4 rings (SSSR count). The fraction of sp³-hybridized carbons (Fsp3) is 0.136. The molecular formula is C22H19N3O3. The first-order chi connectivity index (χ1) is 13.8. The van der Waals surface area contributed by atoms with Crippen LogP contribution in [0.5, 0.6) is 11.6 Å². The standard InChI is InChI=1S/C22H19N3O3/c1-3-27-21-17(13-14-18(23-21)15-9-5-4-6-10-15)20-24-22(28-25-20)16-11-7-8-12-19(16)26-2/h4-14H,3H2,1-2H3. The van der Waals surface area contributed by atoms with Gasteiger partial charge in [-0.1, -0.05) is 47.6 Å². The third kappa shape index (κ3) is 3.44. The lowest BCUT2D eigenvalue weighted by Crippen LogP contribution is -1.99. The summed E-state index contributed by atoms with van der Waals surface area (Å²) < 4.78 is 16.6. The van der Waals surface area contributed by atoms with Crippen LogP contribution in [-0.2, 0) is 0 Å². The Bertz CT molecular complexity index is 1080. The van der Waals surface area contributed by atoms with E-state index in [0.29, 0.717) is 35.5 Å². The van der Waals surface area contributed by atoms with E-state index in [4.69, 9.17) is 14.0 Å². The van der Waals surface area contributed by atoms with Gasteiger partial charge in [0.1, 0.15) is 5.75 Å². The molecule has 140 valence electrons. The summed E-state index contributed by atoms with van der Waals surface area (Å²) in [6.45, 7) is 2.40. The van der Waals surface area contributed by atoms with E-state index < -0.39 is 0 Å². The summed E-state index contributed by atoms with van der Waals surface area (Å²) in [5.41, 5.74) is 3.24. The van der Waals surface area contributed by atoms with Gasteiger partial charge in [-0.3, -0.25) is 0 Å². The van der Waals surface area contributed by atoms with Crippen LogP contribution in [0.25, 0.3) is 34.1 Å². The maximum atomic E-state index is 5.76. The van der Waals surface area contributed by atoms with Crippen molar-refractivity contribution in [2.24, 2.45) is 0 Å². The van der Waals surface area contributed by atoms with E-state index in [1.807, 2.05) is 73.7 Å². The summed E-state index contributed by atoms with van der Waals surface area (Å²) in [6.07, 6.45) is 0. The van der Waals surface area contributed by atoms with Crippen LogP contribution in [0, 0.1) is 0 Å². The van der Waals surface area contributed by atoms with E-state index in [-0.39, 0.29) is 0 Å². The summed E-state index contributed by atoms with van der Waals surface area (Å²) in [7, 11) is 1.61. The normalized spacial score (nSPS) is 10.6. The van der Waals surface area contributed by atoms with Gasteiger partial charge in [0.15, 0.2) is 0 Å². The van der Waals surface area contributed by atoms with Crippen LogP contribution >= 0.6 is 0 Å². The van der Waals surface area contributed by atoms with Crippen LogP contribution in [0.4, 0.5) is 0 Å². The highest BCUT2D eigenvalue weighted by Crippen LogP contribution is 2.33. The lowest BCUT2D eigenvalue weighted by Gasteiger charge is -2.09. The molecule has 0 bridgehead atoms. The van der Waals surface area contributed by atoms with Crippen molar-refractivity contribution in [3.8, 4) is 45.7 Å². The highest BCUT2D eigenvalue weighted by molar-refractivity contribution is 5.70. The molecule has 6 nitrogen and oxygen atoms in total. The molecule has 0 unspecified atom stereocenters. The van der Waals surface area contributed by atoms with Crippen LogP contribution in [-0.4, -0.2) is 28.8 Å². The van der Waals surface area contributed by atoms with Crippen molar-refractivity contribution in [1.82, 2.24) is 15.1 Å². The minimum absolute atomic E-state index is 0.377. The first kappa shape index (κ1) is 17.7. The Labute approximate surface area is 162 Å². The van der Waals surface area contributed by atoms with Crippen molar-refractivity contribution < 1.29 is 14.0 Å². The largest absolute Gasteiger partial charge is 0.496 e. The fourth-order valence-electron chi connectivity index (χ4n) is 2.89. The quantitative estimate of drug-likeness (QED) is 0.480. The number of benzene rings is 2. The van der Waals surface area contributed by atoms with E-state index in [0.717, 1.165) is 16.8 Å². The molecule has 0 aliphatic carbocycles. The predicted molar refractivity (Wildman–Crippen MR) is 106 cm³/mol. The number of para-hydroxylation sites is 1. The number of hydrogen-bond acceptors (Lipinski definition) is 6. The molecule has 2 heterocycles. The molecule has 0 aliphatic heterocycles. The Hall–Kier alpha value is -3.67. The number of rotatable bonds is 6. The molecule has 4 aromatic rings. The van der Waals surface area contributed by atoms with E-state index in [1.54, 1.807) is 7.11 Å². The molecule has 0 saturated heterocycles. The Morgan fingerprint density at radius 3 is 2.43 bits per heavy atom. The van der Waals surface area contributed by atoms with Crippen molar-refractivity contribution >= 4 is 0 Å². The van der Waals surface area contributed by atoms with Gasteiger partial charge in [0.25, 0.3) is 5.89 Å². The second kappa shape index (κ2) is 7.92. The van der Waals surface area contributed by atoms with Crippen LogP contribution in [0.15, 0.2) is 71.3 Å². The lowest BCUT2D eigenvalue weighted by molar-refractivity contribution is 0.328. The summed E-state index contributed by atoms with van der Waals surface area (Å²) in [4.78, 5) is 9.18. The second-order valence-electron chi connectivity index (χ2n) is 5.97. The molecule has 0 fully saturated rings. The van der Waals surface area contributed by atoms with Crippen LogP contribution in [0.2, 0.25) is 0 Å². The third-order valence-corrected chi connectivity index (χ3v) is 4.22. The molecule has 0 radical (unpaired) electrons. The Morgan fingerprint density at radius 2 is 1.64 bits per heavy atom. The van der Waals surface area contributed by atoms with Gasteiger partial charge in [0, 0.05) is 5.56 Å². The first-order valence-electron chi connectivity index (χ1n) is 8.97. The predicted octanol–water partition coefficient (Wildman–Crippen LogP) is 4.87. The molecule has 0 N–H and O–H groups in total. The van der Waals surface area contributed by atoms with E-state index in [1.165, 1.54) is 0 Å². The van der Waals surface area contributed by atoms with Crippen LogP contribution < -0.4 is 9.47 Å². The zero-order valence-electron chi connectivity index (χ0n) is 15.6. The molecule has 0 atom stereocenters. The fourth-order valence-corrected chi connectivity index (χ4v) is 2.89. The maximum absolute atomic E-state index is 5.76. The molecule has 0 saturated carbocycles. The molecule has 6 heteroatoms. The molecule has 28 heavy (non-hydrogen) atoms. The number of pyridine rings is 1. The third-order valence-electron chi connectivity index (χ3n) is 4.22. The van der Waals surface area contributed by atoms with Crippen molar-refractivity contribution in [1.29, 1.82) is 0 Å². The highest BCUT2D eigenvalue weighted by Gasteiger charge is 2.18. The zero-order valence-corrected chi connectivity index (χ0v) is 15.6. The average Bonchev–Trinajstić information content (AvgIpc) is 3.24. The van der Waals surface area contributed by atoms with Gasteiger partial charge in [-0.15, -0.1) is 0 Å². The van der Waals surface area contributed by atoms with Crippen molar-refractivity contribution in [3.05, 3.63) is 66.7 Å². The van der Waals surface area contributed by atoms with Crippen LogP contribution in [0.1, 0.15) is 6.92 Å². The Kier molecular flexibility index (Phi) is 5.01. The molecule has 2 aromatic heterocycles. The number of aromatic nitrogens is 3. The SMILES string of the molecule is CCOc1nc(-c2ccccc2)ccc1-c1noc(-c2ccccc2OC)n1. The smallest absolute Gasteiger partial charge is 0.262 e. The van der Waals surface area contributed by atoms with Crippen LogP contribution in [0.3, 0.4) is 0 Å². The topological polar surface area (TPSA) is 70.3 Å². The molecule has 2 aromatic carbocycles. The van der Waals surface area contributed by atoms with Gasteiger partial charge in [0.05, 0.1) is 30.5 Å². The number of hydrogen-bond donors (Lipinski definition) is 0. The molecular weight excluding hydrogens is 354 g/mol. The molecule has 0 aliphatic rings. The minimum atomic E-state index is 0.377. The average molecular weight is 373 g/mol. The van der Waals surface area contributed by atoms with Gasteiger partial charge >= 0.3 is 0 Å². The summed E-state index contributed by atoms with van der Waals surface area (Å²) in [6, 6.07) is 21.3. The maximum Gasteiger partial charge on any atom is 0.262 e. The van der Waals surface area contributed by atoms with Crippen molar-refractivity contribution in [2.75, 3.05) is 13.7 Å².